The number of hydrogen-bond donors (Lipinski definition) is 0. The lowest BCUT2D eigenvalue weighted by Crippen LogP contribution is -2.67. The van der Waals surface area contributed by atoms with Crippen LogP contribution in [-0.2, 0) is 13.7 Å². The van der Waals surface area contributed by atoms with Crippen molar-refractivity contribution in [2.45, 2.75) is 38.3 Å². The van der Waals surface area contributed by atoms with E-state index in [2.05, 4.69) is 45.0 Å². The standard InChI is InChI=1S/C20H26ClNO3SSi/c1-20(2,3)27(18-10-6-4-7-11-18,19-12-8-5-9-13-19)25-17-14-15-22(16-17)26(21,23)24/h4-13,17H,14-16H2,1-3H3. The highest BCUT2D eigenvalue weighted by Crippen LogP contribution is 2.38. The second-order valence-corrected chi connectivity index (χ2v) is 14.8. The lowest BCUT2D eigenvalue weighted by atomic mass is 10.2. The van der Waals surface area contributed by atoms with Gasteiger partial charge in [0.25, 0.3) is 17.6 Å². The monoisotopic (exact) mass is 423 g/mol. The van der Waals surface area contributed by atoms with Gasteiger partial charge in [-0.25, -0.2) is 0 Å². The number of hydrogen-bond acceptors (Lipinski definition) is 3. The highest BCUT2D eigenvalue weighted by molar-refractivity contribution is 8.11. The molecule has 0 radical (unpaired) electrons. The summed E-state index contributed by atoms with van der Waals surface area (Å²) in [6.45, 7) is 7.34. The predicted octanol–water partition coefficient (Wildman–Crippen LogP) is 3.12. The maximum Gasteiger partial charge on any atom is 0.299 e. The predicted molar refractivity (Wildman–Crippen MR) is 113 cm³/mol. The summed E-state index contributed by atoms with van der Waals surface area (Å²) in [5, 5.41) is 2.25. The molecule has 146 valence electrons. The summed E-state index contributed by atoms with van der Waals surface area (Å²) < 4.78 is 31.7. The second-order valence-electron chi connectivity index (χ2n) is 7.99. The van der Waals surface area contributed by atoms with Gasteiger partial charge in [-0.3, -0.25) is 0 Å². The zero-order valence-corrected chi connectivity index (χ0v) is 18.5. The zero-order valence-electron chi connectivity index (χ0n) is 15.9. The van der Waals surface area contributed by atoms with E-state index in [0.717, 1.165) is 0 Å². The van der Waals surface area contributed by atoms with Gasteiger partial charge < -0.3 is 4.43 Å². The van der Waals surface area contributed by atoms with Gasteiger partial charge in [0.05, 0.1) is 6.10 Å². The lowest BCUT2D eigenvalue weighted by molar-refractivity contribution is 0.201. The van der Waals surface area contributed by atoms with Crippen LogP contribution in [0.3, 0.4) is 0 Å². The van der Waals surface area contributed by atoms with Crippen molar-refractivity contribution in [2.24, 2.45) is 0 Å². The van der Waals surface area contributed by atoms with Crippen LogP contribution >= 0.6 is 10.7 Å². The Morgan fingerprint density at radius 1 is 1.00 bits per heavy atom. The van der Waals surface area contributed by atoms with Gasteiger partial charge in [-0.1, -0.05) is 81.4 Å². The number of nitrogens with zero attached hydrogens (tertiary/aromatic N) is 1. The molecule has 2 aromatic carbocycles. The molecule has 2 aromatic rings. The number of rotatable bonds is 5. The largest absolute Gasteiger partial charge is 0.403 e. The van der Waals surface area contributed by atoms with Crippen molar-refractivity contribution < 1.29 is 12.8 Å². The molecule has 0 amide bonds. The van der Waals surface area contributed by atoms with Crippen molar-refractivity contribution in [3.63, 3.8) is 0 Å². The molecule has 0 bridgehead atoms. The van der Waals surface area contributed by atoms with E-state index in [-0.39, 0.29) is 11.1 Å². The third kappa shape index (κ3) is 4.15. The first kappa shape index (κ1) is 20.5. The van der Waals surface area contributed by atoms with Crippen LogP contribution < -0.4 is 10.4 Å². The first-order valence-corrected chi connectivity index (χ1v) is 13.3. The summed E-state index contributed by atoms with van der Waals surface area (Å²) in [6, 6.07) is 20.7. The van der Waals surface area contributed by atoms with E-state index in [0.29, 0.717) is 19.5 Å². The van der Waals surface area contributed by atoms with Crippen LogP contribution in [0.5, 0.6) is 0 Å². The highest BCUT2D eigenvalue weighted by Gasteiger charge is 2.52. The maximum atomic E-state index is 11.7. The Bertz CT molecular complexity index is 830. The second kappa shape index (κ2) is 7.68. The maximum absolute atomic E-state index is 11.7. The molecule has 1 fully saturated rings. The van der Waals surface area contributed by atoms with Crippen molar-refractivity contribution in [3.8, 4) is 0 Å². The topological polar surface area (TPSA) is 46.6 Å². The lowest BCUT2D eigenvalue weighted by Gasteiger charge is -2.44. The molecule has 1 atom stereocenters. The van der Waals surface area contributed by atoms with E-state index >= 15 is 0 Å². The van der Waals surface area contributed by atoms with Crippen LogP contribution in [0.15, 0.2) is 60.7 Å². The molecule has 7 heteroatoms. The third-order valence-electron chi connectivity index (χ3n) is 5.18. The van der Waals surface area contributed by atoms with Gasteiger partial charge >= 0.3 is 0 Å². The Balaban J connectivity index is 2.08. The molecular weight excluding hydrogens is 398 g/mol. The van der Waals surface area contributed by atoms with Crippen LogP contribution in [0.1, 0.15) is 27.2 Å². The third-order valence-corrected chi connectivity index (χ3v) is 11.8. The Morgan fingerprint density at radius 3 is 1.85 bits per heavy atom. The van der Waals surface area contributed by atoms with Gasteiger partial charge in [0.15, 0.2) is 0 Å². The molecule has 1 heterocycles. The fourth-order valence-electron chi connectivity index (χ4n) is 3.93. The van der Waals surface area contributed by atoms with E-state index in [4.69, 9.17) is 15.1 Å². The first-order chi connectivity index (χ1) is 12.6. The Kier molecular flexibility index (Phi) is 5.84. The van der Waals surface area contributed by atoms with Crippen molar-refractivity contribution in [1.82, 2.24) is 4.31 Å². The van der Waals surface area contributed by atoms with Crippen molar-refractivity contribution in [2.75, 3.05) is 13.1 Å². The van der Waals surface area contributed by atoms with Gasteiger partial charge in [-0.05, 0) is 21.8 Å². The normalized spacial score (nSPS) is 19.3. The molecule has 1 saturated heterocycles. The average Bonchev–Trinajstić information content (AvgIpc) is 3.09. The summed E-state index contributed by atoms with van der Waals surface area (Å²) in [4.78, 5) is 0. The molecule has 0 aliphatic carbocycles. The summed E-state index contributed by atoms with van der Waals surface area (Å²) in [5.74, 6) is 0. The van der Waals surface area contributed by atoms with Crippen LogP contribution in [0, 0.1) is 0 Å². The minimum atomic E-state index is -3.71. The zero-order chi connectivity index (χ0) is 19.7. The minimum absolute atomic E-state index is 0.136. The minimum Gasteiger partial charge on any atom is -0.403 e. The van der Waals surface area contributed by atoms with E-state index in [1.54, 1.807) is 0 Å². The van der Waals surface area contributed by atoms with Crippen LogP contribution in [0.2, 0.25) is 5.04 Å². The summed E-state index contributed by atoms with van der Waals surface area (Å²) in [7, 11) is -0.829. The molecule has 4 nitrogen and oxygen atoms in total. The number of benzene rings is 2. The molecule has 0 aromatic heterocycles. The Labute approximate surface area is 167 Å². The van der Waals surface area contributed by atoms with Crippen LogP contribution in [0.4, 0.5) is 0 Å². The number of halogens is 1. The van der Waals surface area contributed by atoms with Crippen molar-refractivity contribution >= 4 is 38.6 Å². The molecule has 0 spiro atoms. The van der Waals surface area contributed by atoms with Gasteiger partial charge in [-0.15, -0.1) is 0 Å². The SMILES string of the molecule is CC(C)(C)[Si](OC1CCN(S(=O)(=O)Cl)C1)(c1ccccc1)c1ccccc1. The molecule has 1 aliphatic heterocycles. The Hall–Kier alpha value is -1.18. The van der Waals surface area contributed by atoms with Gasteiger partial charge in [-0.2, -0.15) is 12.7 Å². The molecule has 0 saturated carbocycles. The van der Waals surface area contributed by atoms with Crippen molar-refractivity contribution in [1.29, 1.82) is 0 Å². The average molecular weight is 424 g/mol. The molecule has 0 N–H and O–H groups in total. The van der Waals surface area contributed by atoms with Gasteiger partial charge in [0.2, 0.25) is 0 Å². The Morgan fingerprint density at radius 2 is 1.48 bits per heavy atom. The fraction of sp³-hybridized carbons (Fsp3) is 0.400. The molecule has 1 aliphatic rings. The molecule has 27 heavy (non-hydrogen) atoms. The van der Waals surface area contributed by atoms with Crippen LogP contribution in [-0.4, -0.2) is 40.2 Å². The fourth-order valence-corrected chi connectivity index (χ4v) is 9.68. The van der Waals surface area contributed by atoms with Crippen molar-refractivity contribution in [3.05, 3.63) is 60.7 Å². The highest BCUT2D eigenvalue weighted by atomic mass is 35.7. The van der Waals surface area contributed by atoms with Crippen LogP contribution in [0.25, 0.3) is 0 Å². The molecule has 3 rings (SSSR count). The van der Waals surface area contributed by atoms with E-state index < -0.39 is 17.6 Å². The van der Waals surface area contributed by atoms with E-state index in [1.807, 2.05) is 36.4 Å². The summed E-state index contributed by atoms with van der Waals surface area (Å²) in [5.41, 5.74) is 0. The van der Waals surface area contributed by atoms with Gasteiger partial charge in [0, 0.05) is 23.8 Å². The first-order valence-electron chi connectivity index (χ1n) is 9.13. The smallest absolute Gasteiger partial charge is 0.299 e. The van der Waals surface area contributed by atoms with Gasteiger partial charge in [0.1, 0.15) is 0 Å². The molecular formula is C20H26ClNO3SSi. The summed E-state index contributed by atoms with van der Waals surface area (Å²) in [6.07, 6.45) is 0.473. The quantitative estimate of drug-likeness (QED) is 0.548. The van der Waals surface area contributed by atoms with E-state index in [9.17, 15) is 8.42 Å². The molecule has 1 unspecified atom stereocenters. The summed E-state index contributed by atoms with van der Waals surface area (Å²) >= 11 is 0. The van der Waals surface area contributed by atoms with E-state index in [1.165, 1.54) is 14.7 Å².